The minimum Gasteiger partial charge on any atom is -0.504 e. The third kappa shape index (κ3) is 2.53. The van der Waals surface area contributed by atoms with Crippen LogP contribution in [0.5, 0.6) is 0 Å². The number of carboxylic acid groups (broad SMARTS) is 1. The molecule has 3 saturated carbocycles. The highest BCUT2D eigenvalue weighted by Gasteiger charge is 2.64. The van der Waals surface area contributed by atoms with Gasteiger partial charge in [0, 0.05) is 12.8 Å². The van der Waals surface area contributed by atoms with Crippen LogP contribution in [0.2, 0.25) is 0 Å². The predicted molar refractivity (Wildman–Crippen MR) is 100 cm³/mol. The van der Waals surface area contributed by atoms with Crippen molar-refractivity contribution in [1.29, 1.82) is 0 Å². The molecule has 5 heteroatoms. The normalized spacial score (nSPS) is 46.6. The zero-order chi connectivity index (χ0) is 19.6. The van der Waals surface area contributed by atoms with E-state index in [4.69, 9.17) is 5.11 Å². The van der Waals surface area contributed by atoms with Crippen LogP contribution in [0.25, 0.3) is 0 Å². The first-order valence-electron chi connectivity index (χ1n) is 10.5. The number of hydrogen-bond donors (Lipinski definition) is 3. The number of rotatable bonds is 3. The number of carbonyl (C=O) groups excluding carboxylic acids is 1. The Balaban J connectivity index is 1.63. The largest absolute Gasteiger partial charge is 0.504 e. The lowest BCUT2D eigenvalue weighted by Crippen LogP contribution is -2.55. The van der Waals surface area contributed by atoms with Gasteiger partial charge in [0.1, 0.15) is 0 Å². The molecule has 27 heavy (non-hydrogen) atoms. The van der Waals surface area contributed by atoms with Crippen LogP contribution in [0.1, 0.15) is 78.1 Å². The summed E-state index contributed by atoms with van der Waals surface area (Å²) in [7, 11) is 0. The Labute approximate surface area is 160 Å². The molecule has 0 aliphatic heterocycles. The summed E-state index contributed by atoms with van der Waals surface area (Å²) in [6.07, 6.45) is 6.86. The van der Waals surface area contributed by atoms with Crippen LogP contribution in [0.15, 0.2) is 11.3 Å². The summed E-state index contributed by atoms with van der Waals surface area (Å²) in [5.74, 6) is 0.402. The van der Waals surface area contributed by atoms with Crippen molar-refractivity contribution in [3.63, 3.8) is 0 Å². The summed E-state index contributed by atoms with van der Waals surface area (Å²) in [6.45, 7) is 4.41. The molecule has 0 heterocycles. The van der Waals surface area contributed by atoms with Crippen molar-refractivity contribution in [1.82, 2.24) is 0 Å². The maximum Gasteiger partial charge on any atom is 0.303 e. The van der Waals surface area contributed by atoms with Crippen molar-refractivity contribution in [2.24, 2.45) is 28.6 Å². The molecular formula is C22H32O5. The highest BCUT2D eigenvalue weighted by molar-refractivity contribution is 5.95. The molecule has 4 aliphatic carbocycles. The molecule has 3 fully saturated rings. The van der Waals surface area contributed by atoms with Crippen molar-refractivity contribution in [2.75, 3.05) is 0 Å². The van der Waals surface area contributed by atoms with Gasteiger partial charge in [-0.2, -0.15) is 0 Å². The number of allylic oxidation sites excluding steroid dienone is 1. The van der Waals surface area contributed by atoms with E-state index >= 15 is 0 Å². The van der Waals surface area contributed by atoms with Crippen LogP contribution < -0.4 is 0 Å². The van der Waals surface area contributed by atoms with Gasteiger partial charge in [-0.15, -0.1) is 0 Å². The molecule has 0 aromatic heterocycles. The summed E-state index contributed by atoms with van der Waals surface area (Å²) < 4.78 is 0. The van der Waals surface area contributed by atoms with Crippen LogP contribution in [-0.2, 0) is 9.59 Å². The summed E-state index contributed by atoms with van der Waals surface area (Å²) in [5.41, 5.74) is -0.247. The molecule has 0 aromatic rings. The molecule has 4 rings (SSSR count). The molecule has 0 bridgehead atoms. The summed E-state index contributed by atoms with van der Waals surface area (Å²) >= 11 is 0. The van der Waals surface area contributed by atoms with Gasteiger partial charge in [0.2, 0.25) is 0 Å². The number of carboxylic acids is 1. The summed E-state index contributed by atoms with van der Waals surface area (Å²) in [6, 6.07) is 0. The van der Waals surface area contributed by atoms with Crippen LogP contribution in [0.4, 0.5) is 0 Å². The first-order valence-corrected chi connectivity index (χ1v) is 10.5. The van der Waals surface area contributed by atoms with Crippen molar-refractivity contribution in [3.05, 3.63) is 11.3 Å². The van der Waals surface area contributed by atoms with Crippen molar-refractivity contribution >= 4 is 11.8 Å². The van der Waals surface area contributed by atoms with E-state index in [-0.39, 0.29) is 28.8 Å². The van der Waals surface area contributed by atoms with E-state index in [1.54, 1.807) is 0 Å². The summed E-state index contributed by atoms with van der Waals surface area (Å²) in [5, 5.41) is 30.9. The van der Waals surface area contributed by atoms with Gasteiger partial charge in [-0.25, -0.2) is 0 Å². The molecule has 0 saturated heterocycles. The fraction of sp³-hybridized carbons (Fsp3) is 0.818. The van der Waals surface area contributed by atoms with Gasteiger partial charge in [0.15, 0.2) is 11.5 Å². The zero-order valence-electron chi connectivity index (χ0n) is 16.5. The smallest absolute Gasteiger partial charge is 0.303 e. The maximum absolute atomic E-state index is 12.0. The molecular weight excluding hydrogens is 344 g/mol. The van der Waals surface area contributed by atoms with Gasteiger partial charge < -0.3 is 15.3 Å². The van der Waals surface area contributed by atoms with Gasteiger partial charge in [-0.1, -0.05) is 13.8 Å². The Kier molecular flexibility index (Phi) is 4.26. The predicted octanol–water partition coefficient (Wildman–Crippen LogP) is 4.00. The lowest BCUT2D eigenvalue weighted by Gasteiger charge is -2.59. The molecule has 0 amide bonds. The standard InChI is InChI=1S/C22H32O5/c1-20-9-7-17(23)19(26)16(20)4-3-13-14(20)5-10-21(2)15(13)6-11-22(21,27)12-8-18(24)25/h13-15,26-27H,3-12H2,1-2H3,(H,24,25)/t13-,14+,15+,20-,21+,22-/m1/s1. The Morgan fingerprint density at radius 2 is 1.78 bits per heavy atom. The molecule has 0 spiro atoms. The first-order chi connectivity index (χ1) is 12.6. The molecule has 150 valence electrons. The minimum absolute atomic E-state index is 0.0213. The van der Waals surface area contributed by atoms with Gasteiger partial charge in [-0.05, 0) is 85.5 Å². The average molecular weight is 376 g/mol. The highest BCUT2D eigenvalue weighted by atomic mass is 16.4. The fourth-order valence-electron chi connectivity index (χ4n) is 7.52. The second-order valence-electron chi connectivity index (χ2n) is 10.0. The van der Waals surface area contributed by atoms with Crippen LogP contribution in [-0.4, -0.2) is 32.7 Å². The number of Topliss-reactive ketones (excluding diaryl/α,β-unsaturated/α-hetero) is 1. The van der Waals surface area contributed by atoms with Crippen LogP contribution in [0.3, 0.4) is 0 Å². The number of hydrogen-bond acceptors (Lipinski definition) is 4. The number of ketones is 1. The highest BCUT2D eigenvalue weighted by Crippen LogP contribution is 2.68. The SMILES string of the molecule is C[C@]12CCC(=O)C(O)=C1CC[C@@H]1[C@@H]2CC[C@@]2(C)[C@H]1CC[C@@]2(O)CCC(=O)O. The number of aliphatic hydroxyl groups excluding tert-OH is 1. The molecule has 4 aliphatic rings. The lowest BCUT2D eigenvalue weighted by atomic mass is 9.46. The third-order valence-electron chi connectivity index (χ3n) is 9.17. The van der Waals surface area contributed by atoms with E-state index in [0.717, 1.165) is 44.1 Å². The monoisotopic (exact) mass is 376 g/mol. The molecule has 6 atom stereocenters. The second kappa shape index (κ2) is 6.07. The summed E-state index contributed by atoms with van der Waals surface area (Å²) in [4.78, 5) is 23.1. The van der Waals surface area contributed by atoms with Crippen molar-refractivity contribution in [2.45, 2.75) is 83.7 Å². The Morgan fingerprint density at radius 1 is 1.07 bits per heavy atom. The van der Waals surface area contributed by atoms with E-state index in [9.17, 15) is 19.8 Å². The number of fused-ring (bicyclic) bond motifs is 5. The van der Waals surface area contributed by atoms with Crippen LogP contribution >= 0.6 is 0 Å². The molecule has 5 nitrogen and oxygen atoms in total. The Bertz CT molecular complexity index is 711. The topological polar surface area (TPSA) is 94.8 Å². The Morgan fingerprint density at radius 3 is 2.48 bits per heavy atom. The second-order valence-corrected chi connectivity index (χ2v) is 10.0. The number of aliphatic hydroxyl groups is 2. The van der Waals surface area contributed by atoms with Gasteiger partial charge in [-0.3, -0.25) is 9.59 Å². The maximum atomic E-state index is 12.0. The molecule has 0 radical (unpaired) electrons. The number of aliphatic carboxylic acids is 1. The van der Waals surface area contributed by atoms with E-state index < -0.39 is 11.6 Å². The van der Waals surface area contributed by atoms with Crippen LogP contribution in [0, 0.1) is 28.6 Å². The van der Waals surface area contributed by atoms with E-state index in [2.05, 4.69) is 13.8 Å². The first kappa shape index (κ1) is 19.0. The molecule has 0 unspecified atom stereocenters. The molecule has 0 aromatic carbocycles. The van der Waals surface area contributed by atoms with Gasteiger partial charge in [0.05, 0.1) is 5.60 Å². The fourth-order valence-corrected chi connectivity index (χ4v) is 7.52. The van der Waals surface area contributed by atoms with E-state index in [1.165, 1.54) is 0 Å². The Hall–Kier alpha value is -1.36. The van der Waals surface area contributed by atoms with Crippen molar-refractivity contribution in [3.8, 4) is 0 Å². The van der Waals surface area contributed by atoms with E-state index in [0.29, 0.717) is 37.0 Å². The number of carbonyl (C=O) groups is 2. The zero-order valence-corrected chi connectivity index (χ0v) is 16.5. The third-order valence-corrected chi connectivity index (χ3v) is 9.17. The molecule has 3 N–H and O–H groups in total. The average Bonchev–Trinajstić information content (AvgIpc) is 2.89. The van der Waals surface area contributed by atoms with Gasteiger partial charge >= 0.3 is 5.97 Å². The van der Waals surface area contributed by atoms with Crippen molar-refractivity contribution < 1.29 is 24.9 Å². The lowest BCUT2D eigenvalue weighted by molar-refractivity contribution is -0.147. The quantitative estimate of drug-likeness (QED) is 0.692. The van der Waals surface area contributed by atoms with E-state index in [1.807, 2.05) is 0 Å². The van der Waals surface area contributed by atoms with Gasteiger partial charge in [0.25, 0.3) is 0 Å². The minimum atomic E-state index is -0.886.